The number of fused-ring (bicyclic) bond motifs is 1. The molecule has 4 heteroatoms. The molecule has 0 aromatic heterocycles. The molecule has 3 rings (SSSR count). The first kappa shape index (κ1) is 18.8. The fraction of sp³-hybridized carbons (Fsp3) is 0.261. The number of benzene rings is 3. The van der Waals surface area contributed by atoms with Crippen LogP contribution in [0.5, 0.6) is 5.75 Å². The number of nitrogens with zero attached hydrogens (tertiary/aromatic N) is 1. The van der Waals surface area contributed by atoms with Gasteiger partial charge in [0.25, 0.3) is 0 Å². The van der Waals surface area contributed by atoms with Crippen molar-refractivity contribution in [1.29, 1.82) is 0 Å². The van der Waals surface area contributed by atoms with Crippen LogP contribution in [0, 0.1) is 0 Å². The number of ether oxygens (including phenoxy) is 1. The summed E-state index contributed by atoms with van der Waals surface area (Å²) in [5.41, 5.74) is 3.51. The van der Waals surface area contributed by atoms with Gasteiger partial charge in [0.15, 0.2) is 0 Å². The van der Waals surface area contributed by atoms with Gasteiger partial charge in [-0.2, -0.15) is 0 Å². The number of hydrogen-bond acceptors (Lipinski definition) is 2. The minimum atomic E-state index is -0.0793. The van der Waals surface area contributed by atoms with Gasteiger partial charge in [-0.1, -0.05) is 49.4 Å². The number of carbonyl (C=O) groups is 1. The van der Waals surface area contributed by atoms with Gasteiger partial charge in [-0.3, -0.25) is 0 Å². The van der Waals surface area contributed by atoms with E-state index in [9.17, 15) is 4.79 Å². The highest BCUT2D eigenvalue weighted by molar-refractivity contribution is 5.84. The molecule has 0 bridgehead atoms. The van der Waals surface area contributed by atoms with Crippen LogP contribution in [0.15, 0.2) is 60.7 Å². The Bertz CT molecular complexity index is 919. The van der Waals surface area contributed by atoms with Gasteiger partial charge in [0, 0.05) is 20.1 Å². The second kappa shape index (κ2) is 8.58. The van der Waals surface area contributed by atoms with E-state index in [0.717, 1.165) is 34.1 Å². The summed E-state index contributed by atoms with van der Waals surface area (Å²) in [4.78, 5) is 14.1. The Morgan fingerprint density at radius 2 is 1.56 bits per heavy atom. The molecule has 0 atom stereocenters. The molecule has 0 heterocycles. The molecule has 0 fully saturated rings. The molecule has 140 valence electrons. The SMILES string of the molecule is CCc1ccc(CN(C)C(=O)NCc2ccc3cc(OC)ccc3c2)cc1. The van der Waals surface area contributed by atoms with Gasteiger partial charge in [0.05, 0.1) is 7.11 Å². The molecule has 4 nitrogen and oxygen atoms in total. The van der Waals surface area contributed by atoms with Crippen LogP contribution < -0.4 is 10.1 Å². The molecule has 3 aromatic rings. The highest BCUT2D eigenvalue weighted by Crippen LogP contribution is 2.21. The Labute approximate surface area is 160 Å². The average molecular weight is 362 g/mol. The van der Waals surface area contributed by atoms with E-state index in [2.05, 4.69) is 48.6 Å². The maximum absolute atomic E-state index is 12.4. The highest BCUT2D eigenvalue weighted by atomic mass is 16.5. The van der Waals surface area contributed by atoms with Crippen molar-refractivity contribution in [2.45, 2.75) is 26.4 Å². The summed E-state index contributed by atoms with van der Waals surface area (Å²) >= 11 is 0. The van der Waals surface area contributed by atoms with Crippen molar-refractivity contribution in [1.82, 2.24) is 10.2 Å². The zero-order chi connectivity index (χ0) is 19.2. The number of hydrogen-bond donors (Lipinski definition) is 1. The first-order valence-electron chi connectivity index (χ1n) is 9.22. The van der Waals surface area contributed by atoms with Crippen LogP contribution in [0.1, 0.15) is 23.6 Å². The van der Waals surface area contributed by atoms with Gasteiger partial charge in [-0.25, -0.2) is 4.79 Å². The molecule has 0 saturated heterocycles. The van der Waals surface area contributed by atoms with E-state index in [1.54, 1.807) is 12.0 Å². The second-order valence-electron chi connectivity index (χ2n) is 6.73. The van der Waals surface area contributed by atoms with E-state index in [4.69, 9.17) is 4.74 Å². The number of urea groups is 1. The Kier molecular flexibility index (Phi) is 5.97. The lowest BCUT2D eigenvalue weighted by Crippen LogP contribution is -2.36. The van der Waals surface area contributed by atoms with Crippen LogP contribution >= 0.6 is 0 Å². The molecule has 27 heavy (non-hydrogen) atoms. The maximum atomic E-state index is 12.4. The standard InChI is InChI=1S/C23H26N2O2/c1-4-17-5-7-18(8-6-17)16-25(2)23(26)24-15-19-9-10-21-14-22(27-3)12-11-20(21)13-19/h5-14H,4,15-16H2,1-3H3,(H,24,26). The quantitative estimate of drug-likeness (QED) is 0.687. The third kappa shape index (κ3) is 4.79. The fourth-order valence-electron chi connectivity index (χ4n) is 3.05. The smallest absolute Gasteiger partial charge is 0.317 e. The summed E-state index contributed by atoms with van der Waals surface area (Å²) in [6.45, 7) is 3.23. The minimum absolute atomic E-state index is 0.0793. The molecule has 2 amide bonds. The van der Waals surface area contributed by atoms with Crippen molar-refractivity contribution in [2.24, 2.45) is 0 Å². The number of rotatable bonds is 6. The molecule has 0 radical (unpaired) electrons. The zero-order valence-electron chi connectivity index (χ0n) is 16.2. The lowest BCUT2D eigenvalue weighted by atomic mass is 10.1. The van der Waals surface area contributed by atoms with E-state index in [-0.39, 0.29) is 6.03 Å². The molecule has 0 spiro atoms. The molecule has 0 unspecified atom stereocenters. The molecule has 0 aliphatic rings. The third-order valence-corrected chi connectivity index (χ3v) is 4.75. The summed E-state index contributed by atoms with van der Waals surface area (Å²) < 4.78 is 5.26. The van der Waals surface area contributed by atoms with Crippen molar-refractivity contribution < 1.29 is 9.53 Å². The third-order valence-electron chi connectivity index (χ3n) is 4.75. The highest BCUT2D eigenvalue weighted by Gasteiger charge is 2.09. The predicted molar refractivity (Wildman–Crippen MR) is 110 cm³/mol. The Morgan fingerprint density at radius 3 is 2.26 bits per heavy atom. The van der Waals surface area contributed by atoms with Crippen molar-refractivity contribution in [3.05, 3.63) is 77.4 Å². The van der Waals surface area contributed by atoms with Crippen LogP contribution in [0.3, 0.4) is 0 Å². The van der Waals surface area contributed by atoms with Gasteiger partial charge in [0.1, 0.15) is 5.75 Å². The summed E-state index contributed by atoms with van der Waals surface area (Å²) in [5.74, 6) is 0.845. The number of methoxy groups -OCH3 is 1. The molecule has 1 N–H and O–H groups in total. The van der Waals surface area contributed by atoms with Crippen LogP contribution in [0.4, 0.5) is 4.79 Å². The number of amides is 2. The number of aryl methyl sites for hydroxylation is 1. The average Bonchev–Trinajstić information content (AvgIpc) is 2.71. The first-order chi connectivity index (χ1) is 13.1. The normalized spacial score (nSPS) is 10.6. The van der Waals surface area contributed by atoms with Gasteiger partial charge in [-0.05, 0) is 52.1 Å². The van der Waals surface area contributed by atoms with Crippen molar-refractivity contribution >= 4 is 16.8 Å². The lowest BCUT2D eigenvalue weighted by molar-refractivity contribution is 0.206. The minimum Gasteiger partial charge on any atom is -0.497 e. The summed E-state index contributed by atoms with van der Waals surface area (Å²) in [6.07, 6.45) is 1.02. The molecule has 0 aliphatic carbocycles. The summed E-state index contributed by atoms with van der Waals surface area (Å²) in [6, 6.07) is 20.5. The van der Waals surface area contributed by atoms with Crippen molar-refractivity contribution in [3.63, 3.8) is 0 Å². The van der Waals surface area contributed by atoms with Crippen LogP contribution in [-0.2, 0) is 19.5 Å². The predicted octanol–water partition coefficient (Wildman–Crippen LogP) is 4.75. The largest absolute Gasteiger partial charge is 0.497 e. The summed E-state index contributed by atoms with van der Waals surface area (Å²) in [7, 11) is 3.48. The van der Waals surface area contributed by atoms with Gasteiger partial charge in [0.2, 0.25) is 0 Å². The van der Waals surface area contributed by atoms with Gasteiger partial charge >= 0.3 is 6.03 Å². The lowest BCUT2D eigenvalue weighted by Gasteiger charge is -2.18. The first-order valence-corrected chi connectivity index (χ1v) is 9.22. The van der Waals surface area contributed by atoms with Crippen molar-refractivity contribution in [3.8, 4) is 5.75 Å². The Balaban J connectivity index is 1.58. The zero-order valence-corrected chi connectivity index (χ0v) is 16.2. The van der Waals surface area contributed by atoms with E-state index in [0.29, 0.717) is 13.1 Å². The van der Waals surface area contributed by atoms with E-state index in [1.165, 1.54) is 5.56 Å². The van der Waals surface area contributed by atoms with Gasteiger partial charge in [-0.15, -0.1) is 0 Å². The number of carbonyl (C=O) groups excluding carboxylic acids is 1. The van der Waals surface area contributed by atoms with Crippen LogP contribution in [0.25, 0.3) is 10.8 Å². The molecule has 3 aromatic carbocycles. The number of nitrogens with one attached hydrogen (secondary N) is 1. The van der Waals surface area contributed by atoms with Crippen LogP contribution in [0.2, 0.25) is 0 Å². The van der Waals surface area contributed by atoms with E-state index >= 15 is 0 Å². The van der Waals surface area contributed by atoms with Gasteiger partial charge < -0.3 is 15.0 Å². The van der Waals surface area contributed by atoms with E-state index < -0.39 is 0 Å². The second-order valence-corrected chi connectivity index (χ2v) is 6.73. The Morgan fingerprint density at radius 1 is 0.926 bits per heavy atom. The molecular weight excluding hydrogens is 336 g/mol. The fourth-order valence-corrected chi connectivity index (χ4v) is 3.05. The maximum Gasteiger partial charge on any atom is 0.317 e. The Hall–Kier alpha value is -3.01. The molecule has 0 saturated carbocycles. The van der Waals surface area contributed by atoms with Crippen LogP contribution in [-0.4, -0.2) is 25.1 Å². The monoisotopic (exact) mass is 362 g/mol. The van der Waals surface area contributed by atoms with Crippen molar-refractivity contribution in [2.75, 3.05) is 14.2 Å². The summed E-state index contributed by atoms with van der Waals surface area (Å²) in [5, 5.41) is 5.24. The molecular formula is C23H26N2O2. The topological polar surface area (TPSA) is 41.6 Å². The molecule has 0 aliphatic heterocycles. The van der Waals surface area contributed by atoms with E-state index in [1.807, 2.05) is 31.3 Å².